The number of hydrogen-bond acceptors (Lipinski definition) is 0. The van der Waals surface area contributed by atoms with E-state index in [0.29, 0.717) is 5.57 Å². The lowest BCUT2D eigenvalue weighted by atomic mass is 9.95. The van der Waals surface area contributed by atoms with Gasteiger partial charge in [0.25, 0.3) is 0 Å². The molecule has 0 aliphatic rings. The summed E-state index contributed by atoms with van der Waals surface area (Å²) in [6, 6.07) is 0. The van der Waals surface area contributed by atoms with Gasteiger partial charge in [0.15, 0.2) is 0 Å². The van der Waals surface area contributed by atoms with E-state index in [0.717, 1.165) is 11.1 Å². The minimum atomic E-state index is -1.33. The molecule has 0 nitrogen and oxygen atoms in total. The minimum absolute atomic E-state index is 0.649. The molecule has 0 unspecified atom stereocenters. The van der Waals surface area contributed by atoms with E-state index in [1.165, 1.54) is 0 Å². The first-order valence-electron chi connectivity index (χ1n) is 5.19. The van der Waals surface area contributed by atoms with Crippen LogP contribution in [0.2, 0.25) is 0 Å². The third-order valence-electron chi connectivity index (χ3n) is 2.30. The van der Waals surface area contributed by atoms with Crippen LogP contribution in [0, 0.1) is 0 Å². The van der Waals surface area contributed by atoms with Gasteiger partial charge in [-0.25, -0.2) is 4.39 Å². The molecule has 0 fully saturated rings. The molecule has 0 rings (SSSR count). The Balaban J connectivity index is 5.11. The van der Waals surface area contributed by atoms with Crippen molar-refractivity contribution in [2.45, 2.75) is 40.3 Å². The Morgan fingerprint density at radius 3 is 2.13 bits per heavy atom. The quantitative estimate of drug-likeness (QED) is 0.584. The van der Waals surface area contributed by atoms with Gasteiger partial charge in [-0.2, -0.15) is 0 Å². The van der Waals surface area contributed by atoms with Crippen LogP contribution >= 0.6 is 0 Å². The smallest absolute Gasteiger partial charge is 0.130 e. The zero-order chi connectivity index (χ0) is 12.1. The van der Waals surface area contributed by atoms with Gasteiger partial charge >= 0.3 is 0 Å². The SMILES string of the molecule is C=C(/C=C(\C=C/C)C(C)(C)F)/C(C)=C/C. The molecular weight excluding hydrogens is 187 g/mol. The lowest BCUT2D eigenvalue weighted by Gasteiger charge is -2.16. The summed E-state index contributed by atoms with van der Waals surface area (Å²) in [4.78, 5) is 0. The Kier molecular flexibility index (Phi) is 5.27. The van der Waals surface area contributed by atoms with Crippen LogP contribution < -0.4 is 0 Å². The van der Waals surface area contributed by atoms with Crippen molar-refractivity contribution in [1.82, 2.24) is 0 Å². The van der Waals surface area contributed by atoms with E-state index in [1.807, 2.05) is 32.9 Å². The predicted molar refractivity (Wildman–Crippen MR) is 66.7 cm³/mol. The average Bonchev–Trinajstić information content (AvgIpc) is 2.14. The molecule has 0 amide bonds. The lowest BCUT2D eigenvalue weighted by molar-refractivity contribution is 0.274. The average molecular weight is 208 g/mol. The zero-order valence-electron chi connectivity index (χ0n) is 10.4. The van der Waals surface area contributed by atoms with E-state index in [-0.39, 0.29) is 0 Å². The fraction of sp³-hybridized carbons (Fsp3) is 0.429. The minimum Gasteiger partial charge on any atom is -0.239 e. The van der Waals surface area contributed by atoms with Crippen LogP contribution in [0.25, 0.3) is 0 Å². The van der Waals surface area contributed by atoms with Crippen molar-refractivity contribution >= 4 is 0 Å². The number of allylic oxidation sites excluding steroid dienone is 7. The second kappa shape index (κ2) is 5.69. The number of rotatable bonds is 4. The van der Waals surface area contributed by atoms with Gasteiger partial charge in [0, 0.05) is 0 Å². The van der Waals surface area contributed by atoms with Gasteiger partial charge in [-0.15, -0.1) is 0 Å². The van der Waals surface area contributed by atoms with Gasteiger partial charge in [0.1, 0.15) is 5.67 Å². The highest BCUT2D eigenvalue weighted by Crippen LogP contribution is 2.24. The van der Waals surface area contributed by atoms with E-state index < -0.39 is 5.67 Å². The van der Waals surface area contributed by atoms with Crippen LogP contribution in [0.4, 0.5) is 4.39 Å². The molecule has 84 valence electrons. The van der Waals surface area contributed by atoms with Crippen molar-refractivity contribution in [3.05, 3.63) is 47.6 Å². The van der Waals surface area contributed by atoms with Gasteiger partial charge < -0.3 is 0 Å². The van der Waals surface area contributed by atoms with Crippen molar-refractivity contribution < 1.29 is 4.39 Å². The van der Waals surface area contributed by atoms with Gasteiger partial charge in [-0.1, -0.05) is 24.8 Å². The fourth-order valence-electron chi connectivity index (χ4n) is 1.08. The molecule has 0 aromatic carbocycles. The standard InChI is InChI=1S/C14H21F/c1-7-9-13(14(5,6)15)10-12(4)11(3)8-2/h7-10H,4H2,1-3,5-6H3/b9-7-,11-8+,13-10+. The zero-order valence-corrected chi connectivity index (χ0v) is 10.4. The fourth-order valence-corrected chi connectivity index (χ4v) is 1.08. The Bertz CT molecular complexity index is 309. The highest BCUT2D eigenvalue weighted by Gasteiger charge is 2.19. The molecular formula is C14H21F. The Labute approximate surface area is 92.9 Å². The molecule has 0 bridgehead atoms. The predicted octanol–water partition coefficient (Wildman–Crippen LogP) is 4.76. The Morgan fingerprint density at radius 2 is 1.80 bits per heavy atom. The molecule has 1 heteroatoms. The summed E-state index contributed by atoms with van der Waals surface area (Å²) < 4.78 is 13.8. The molecule has 0 N–H and O–H groups in total. The number of hydrogen-bond donors (Lipinski definition) is 0. The maximum Gasteiger partial charge on any atom is 0.130 e. The van der Waals surface area contributed by atoms with E-state index in [4.69, 9.17) is 0 Å². The van der Waals surface area contributed by atoms with Gasteiger partial charge in [-0.3, -0.25) is 0 Å². The van der Waals surface area contributed by atoms with E-state index in [1.54, 1.807) is 26.0 Å². The normalized spacial score (nSPS) is 14.8. The molecule has 0 saturated carbocycles. The van der Waals surface area contributed by atoms with Crippen LogP contribution in [0.1, 0.15) is 34.6 Å². The largest absolute Gasteiger partial charge is 0.239 e. The molecule has 0 aromatic heterocycles. The summed E-state index contributed by atoms with van der Waals surface area (Å²) in [5.41, 5.74) is 1.25. The van der Waals surface area contributed by atoms with Crippen molar-refractivity contribution in [3.63, 3.8) is 0 Å². The maximum absolute atomic E-state index is 13.8. The van der Waals surface area contributed by atoms with Crippen molar-refractivity contribution in [3.8, 4) is 0 Å². The third kappa shape index (κ3) is 4.78. The van der Waals surface area contributed by atoms with Crippen LogP contribution in [-0.4, -0.2) is 5.67 Å². The van der Waals surface area contributed by atoms with Crippen molar-refractivity contribution in [2.24, 2.45) is 0 Å². The second-order valence-corrected chi connectivity index (χ2v) is 4.07. The summed E-state index contributed by atoms with van der Waals surface area (Å²) in [5, 5.41) is 0. The maximum atomic E-state index is 13.8. The Hall–Kier alpha value is -1.11. The van der Waals surface area contributed by atoms with E-state index in [2.05, 4.69) is 6.58 Å². The Morgan fingerprint density at radius 1 is 1.27 bits per heavy atom. The third-order valence-corrected chi connectivity index (χ3v) is 2.30. The van der Waals surface area contributed by atoms with Crippen molar-refractivity contribution in [2.75, 3.05) is 0 Å². The summed E-state index contributed by atoms with van der Waals surface area (Å²) in [5.74, 6) is 0. The highest BCUT2D eigenvalue weighted by molar-refractivity contribution is 5.42. The highest BCUT2D eigenvalue weighted by atomic mass is 19.1. The summed E-state index contributed by atoms with van der Waals surface area (Å²) in [6.45, 7) is 12.8. The van der Waals surface area contributed by atoms with Crippen LogP contribution in [0.3, 0.4) is 0 Å². The van der Waals surface area contributed by atoms with Crippen LogP contribution in [-0.2, 0) is 0 Å². The topological polar surface area (TPSA) is 0 Å². The number of halogens is 1. The summed E-state index contributed by atoms with van der Waals surface area (Å²) in [7, 11) is 0. The lowest BCUT2D eigenvalue weighted by Crippen LogP contribution is -2.14. The molecule has 0 aromatic rings. The second-order valence-electron chi connectivity index (χ2n) is 4.07. The molecule has 0 radical (unpaired) electrons. The molecule has 15 heavy (non-hydrogen) atoms. The monoisotopic (exact) mass is 208 g/mol. The summed E-state index contributed by atoms with van der Waals surface area (Å²) in [6.07, 6.45) is 7.40. The van der Waals surface area contributed by atoms with Gasteiger partial charge in [0.2, 0.25) is 0 Å². The van der Waals surface area contributed by atoms with Crippen molar-refractivity contribution in [1.29, 1.82) is 0 Å². The first kappa shape index (κ1) is 13.9. The molecule has 0 atom stereocenters. The van der Waals surface area contributed by atoms with Crippen LogP contribution in [0.5, 0.6) is 0 Å². The molecule has 0 aliphatic heterocycles. The van der Waals surface area contributed by atoms with E-state index >= 15 is 0 Å². The van der Waals surface area contributed by atoms with E-state index in [9.17, 15) is 4.39 Å². The number of alkyl halides is 1. The first-order valence-corrected chi connectivity index (χ1v) is 5.19. The first-order chi connectivity index (χ1) is 6.82. The molecule has 0 aliphatic carbocycles. The molecule has 0 spiro atoms. The van der Waals surface area contributed by atoms with Gasteiger partial charge in [0.05, 0.1) is 0 Å². The molecule has 0 saturated heterocycles. The van der Waals surface area contributed by atoms with Crippen LogP contribution in [0.15, 0.2) is 47.6 Å². The summed E-state index contributed by atoms with van der Waals surface area (Å²) >= 11 is 0. The molecule has 0 heterocycles. The van der Waals surface area contributed by atoms with Gasteiger partial charge in [-0.05, 0) is 57.4 Å².